The highest BCUT2D eigenvalue weighted by atomic mass is 32.2. The number of anilines is 1. The minimum atomic E-state index is -0.625. The fraction of sp³-hybridized carbons (Fsp3) is 0.333. The van der Waals surface area contributed by atoms with Gasteiger partial charge in [-0.3, -0.25) is 0 Å². The summed E-state index contributed by atoms with van der Waals surface area (Å²) in [4.78, 5) is 23.1. The van der Waals surface area contributed by atoms with Gasteiger partial charge >= 0.3 is 11.9 Å². The third kappa shape index (κ3) is 4.45. The Kier molecular flexibility index (Phi) is 6.21. The van der Waals surface area contributed by atoms with E-state index in [0.717, 1.165) is 23.3 Å². The zero-order valence-electron chi connectivity index (χ0n) is 12.3. The van der Waals surface area contributed by atoms with Crippen LogP contribution in [0.25, 0.3) is 0 Å². The SMILES string of the molecule is COC(=O)/C=C(/Nc1cccc(C2SCCS2)c1)C(=O)OC. The molecule has 0 atom stereocenters. The highest BCUT2D eigenvalue weighted by molar-refractivity contribution is 8.19. The first-order valence-corrected chi connectivity index (χ1v) is 8.72. The summed E-state index contributed by atoms with van der Waals surface area (Å²) in [5.41, 5.74) is 1.95. The fourth-order valence-corrected chi connectivity index (χ4v) is 4.74. The predicted molar refractivity (Wildman–Crippen MR) is 89.8 cm³/mol. The van der Waals surface area contributed by atoms with E-state index in [1.54, 1.807) is 0 Å². The molecule has 5 nitrogen and oxygen atoms in total. The van der Waals surface area contributed by atoms with Gasteiger partial charge in [-0.05, 0) is 17.7 Å². The molecular weight excluding hydrogens is 322 g/mol. The molecule has 2 rings (SSSR count). The Bertz CT molecular complexity index is 583. The highest BCUT2D eigenvalue weighted by Crippen LogP contribution is 2.45. The van der Waals surface area contributed by atoms with Crippen LogP contribution in [0, 0.1) is 0 Å². The van der Waals surface area contributed by atoms with E-state index in [9.17, 15) is 9.59 Å². The third-order valence-electron chi connectivity index (χ3n) is 2.93. The second-order valence-corrected chi connectivity index (χ2v) is 7.12. The maximum atomic E-state index is 11.7. The lowest BCUT2D eigenvalue weighted by Gasteiger charge is -2.13. The van der Waals surface area contributed by atoms with Crippen molar-refractivity contribution in [3.63, 3.8) is 0 Å². The highest BCUT2D eigenvalue weighted by Gasteiger charge is 2.19. The number of rotatable bonds is 5. The van der Waals surface area contributed by atoms with Crippen LogP contribution in [0.2, 0.25) is 0 Å². The molecule has 1 heterocycles. The molecule has 1 aliphatic heterocycles. The standard InChI is InChI=1S/C15H17NO4S2/c1-19-13(17)9-12(14(18)20-2)16-11-5-3-4-10(8-11)15-21-6-7-22-15/h3-5,8-9,15-16H,6-7H2,1-2H3/b12-9+. The van der Waals surface area contributed by atoms with Crippen molar-refractivity contribution in [2.24, 2.45) is 0 Å². The van der Waals surface area contributed by atoms with E-state index in [4.69, 9.17) is 0 Å². The van der Waals surface area contributed by atoms with Crippen LogP contribution in [0.15, 0.2) is 36.0 Å². The van der Waals surface area contributed by atoms with E-state index in [1.807, 2.05) is 41.7 Å². The molecular formula is C15H17NO4S2. The molecule has 1 N–H and O–H groups in total. The Morgan fingerprint density at radius 3 is 2.59 bits per heavy atom. The fourth-order valence-electron chi connectivity index (χ4n) is 1.90. The second-order valence-electron chi connectivity index (χ2n) is 4.40. The molecule has 1 aliphatic rings. The monoisotopic (exact) mass is 339 g/mol. The van der Waals surface area contributed by atoms with Crippen molar-refractivity contribution in [2.75, 3.05) is 31.0 Å². The van der Waals surface area contributed by atoms with Gasteiger partial charge in [-0.15, -0.1) is 23.5 Å². The summed E-state index contributed by atoms with van der Waals surface area (Å²) in [5.74, 6) is 1.04. The molecule has 0 saturated carbocycles. The molecule has 1 fully saturated rings. The van der Waals surface area contributed by atoms with E-state index >= 15 is 0 Å². The molecule has 1 aromatic rings. The molecule has 0 aromatic heterocycles. The van der Waals surface area contributed by atoms with Gasteiger partial charge in [-0.25, -0.2) is 9.59 Å². The number of carbonyl (C=O) groups is 2. The maximum absolute atomic E-state index is 11.7. The summed E-state index contributed by atoms with van der Waals surface area (Å²) >= 11 is 3.81. The number of hydrogen-bond donors (Lipinski definition) is 1. The Labute approximate surface area is 137 Å². The van der Waals surface area contributed by atoms with Crippen LogP contribution in [0.1, 0.15) is 10.1 Å². The van der Waals surface area contributed by atoms with Crippen molar-refractivity contribution in [2.45, 2.75) is 4.58 Å². The lowest BCUT2D eigenvalue weighted by atomic mass is 10.2. The smallest absolute Gasteiger partial charge is 0.354 e. The lowest BCUT2D eigenvalue weighted by Crippen LogP contribution is -2.15. The molecule has 22 heavy (non-hydrogen) atoms. The number of ether oxygens (including phenoxy) is 2. The van der Waals surface area contributed by atoms with Gasteiger partial charge in [0.15, 0.2) is 0 Å². The van der Waals surface area contributed by atoms with E-state index in [0.29, 0.717) is 4.58 Å². The summed E-state index contributed by atoms with van der Waals surface area (Å²) in [5, 5.41) is 2.93. The zero-order valence-corrected chi connectivity index (χ0v) is 14.0. The van der Waals surface area contributed by atoms with Gasteiger partial charge in [0.2, 0.25) is 0 Å². The van der Waals surface area contributed by atoms with Crippen molar-refractivity contribution in [3.8, 4) is 0 Å². The molecule has 0 spiro atoms. The zero-order chi connectivity index (χ0) is 15.9. The Balaban J connectivity index is 2.18. The first kappa shape index (κ1) is 16.8. The molecule has 0 radical (unpaired) electrons. The summed E-state index contributed by atoms with van der Waals surface area (Å²) in [6, 6.07) is 7.79. The summed E-state index contributed by atoms with van der Waals surface area (Å²) in [6.45, 7) is 0. The van der Waals surface area contributed by atoms with Gasteiger partial charge in [0.1, 0.15) is 5.70 Å². The van der Waals surface area contributed by atoms with Crippen molar-refractivity contribution in [3.05, 3.63) is 41.6 Å². The number of carbonyl (C=O) groups excluding carboxylic acids is 2. The molecule has 1 aromatic carbocycles. The molecule has 0 unspecified atom stereocenters. The van der Waals surface area contributed by atoms with E-state index in [2.05, 4.69) is 20.9 Å². The maximum Gasteiger partial charge on any atom is 0.354 e. The normalized spacial score (nSPS) is 15.5. The topological polar surface area (TPSA) is 64.6 Å². The summed E-state index contributed by atoms with van der Waals surface area (Å²) < 4.78 is 9.63. The number of hydrogen-bond acceptors (Lipinski definition) is 7. The van der Waals surface area contributed by atoms with Crippen molar-refractivity contribution < 1.29 is 19.1 Å². The van der Waals surface area contributed by atoms with Gasteiger partial charge in [-0.1, -0.05) is 12.1 Å². The molecule has 0 amide bonds. The third-order valence-corrected chi connectivity index (χ3v) is 6.03. The minimum Gasteiger partial charge on any atom is -0.466 e. The Morgan fingerprint density at radius 1 is 1.23 bits per heavy atom. The van der Waals surface area contributed by atoms with Crippen LogP contribution in [0.5, 0.6) is 0 Å². The average Bonchev–Trinajstić information content (AvgIpc) is 3.08. The second kappa shape index (κ2) is 8.14. The molecule has 7 heteroatoms. The Hall–Kier alpha value is -1.60. The van der Waals surface area contributed by atoms with Gasteiger partial charge in [0, 0.05) is 17.2 Å². The van der Waals surface area contributed by atoms with Crippen molar-refractivity contribution in [1.29, 1.82) is 0 Å². The van der Waals surface area contributed by atoms with E-state index in [1.165, 1.54) is 19.8 Å². The van der Waals surface area contributed by atoms with Crippen LogP contribution in [-0.2, 0) is 19.1 Å². The van der Waals surface area contributed by atoms with Gasteiger partial charge in [-0.2, -0.15) is 0 Å². The quantitative estimate of drug-likeness (QED) is 0.653. The van der Waals surface area contributed by atoms with Gasteiger partial charge in [0.25, 0.3) is 0 Å². The molecule has 0 aliphatic carbocycles. The average molecular weight is 339 g/mol. The van der Waals surface area contributed by atoms with Crippen molar-refractivity contribution in [1.82, 2.24) is 0 Å². The van der Waals surface area contributed by atoms with Crippen LogP contribution in [-0.4, -0.2) is 37.7 Å². The first-order chi connectivity index (χ1) is 10.6. The van der Waals surface area contributed by atoms with Crippen LogP contribution in [0.4, 0.5) is 5.69 Å². The number of nitrogens with one attached hydrogen (secondary N) is 1. The van der Waals surface area contributed by atoms with Crippen LogP contribution in [0.3, 0.4) is 0 Å². The molecule has 118 valence electrons. The minimum absolute atomic E-state index is 0.0400. The van der Waals surface area contributed by atoms with Crippen molar-refractivity contribution >= 4 is 41.1 Å². The predicted octanol–water partition coefficient (Wildman–Crippen LogP) is 2.81. The number of esters is 2. The number of benzene rings is 1. The van der Waals surface area contributed by atoms with Gasteiger partial charge in [0.05, 0.1) is 24.9 Å². The van der Waals surface area contributed by atoms with E-state index < -0.39 is 11.9 Å². The molecule has 1 saturated heterocycles. The summed E-state index contributed by atoms with van der Waals surface area (Å²) in [7, 11) is 2.51. The summed E-state index contributed by atoms with van der Waals surface area (Å²) in [6.07, 6.45) is 1.08. The Morgan fingerprint density at radius 2 is 1.95 bits per heavy atom. The van der Waals surface area contributed by atoms with Crippen LogP contribution < -0.4 is 5.32 Å². The number of methoxy groups -OCH3 is 2. The van der Waals surface area contributed by atoms with E-state index in [-0.39, 0.29) is 5.70 Å². The van der Waals surface area contributed by atoms with Gasteiger partial charge < -0.3 is 14.8 Å². The molecule has 0 bridgehead atoms. The first-order valence-electron chi connectivity index (χ1n) is 6.62. The largest absolute Gasteiger partial charge is 0.466 e. The number of thioether (sulfide) groups is 2. The lowest BCUT2D eigenvalue weighted by molar-refractivity contribution is -0.138. The van der Waals surface area contributed by atoms with Crippen LogP contribution >= 0.6 is 23.5 Å².